The van der Waals surface area contributed by atoms with E-state index in [4.69, 9.17) is 11.5 Å². The first-order valence-electron chi connectivity index (χ1n) is 6.72. The molecule has 6 heteroatoms. The minimum Gasteiger partial charge on any atom is -0.368 e. The van der Waals surface area contributed by atoms with Gasteiger partial charge in [0.1, 0.15) is 0 Å². The van der Waals surface area contributed by atoms with Gasteiger partial charge in [0, 0.05) is 12.2 Å². The minimum atomic E-state index is -0.359. The molecule has 1 heterocycles. The second-order valence-electron chi connectivity index (χ2n) is 4.98. The van der Waals surface area contributed by atoms with Gasteiger partial charge in [0.2, 0.25) is 11.8 Å². The molecular weight excluding hydrogens is 256 g/mol. The largest absolute Gasteiger partial charge is 0.368 e. The number of hydrogen-bond donors (Lipinski definition) is 3. The van der Waals surface area contributed by atoms with Crippen molar-refractivity contribution < 1.29 is 9.59 Å². The predicted molar refractivity (Wildman–Crippen MR) is 76.8 cm³/mol. The number of carbonyl (C=O) groups is 2. The predicted octanol–water partition coefficient (Wildman–Crippen LogP) is 0.0335. The van der Waals surface area contributed by atoms with Crippen molar-refractivity contribution in [2.24, 2.45) is 11.5 Å². The Kier molecular flexibility index (Phi) is 4.70. The Balaban J connectivity index is 1.90. The monoisotopic (exact) mass is 276 g/mol. The summed E-state index contributed by atoms with van der Waals surface area (Å²) < 4.78 is 0. The Labute approximate surface area is 118 Å². The van der Waals surface area contributed by atoms with Crippen LogP contribution in [0.5, 0.6) is 0 Å². The number of likely N-dealkylation sites (tertiary alicyclic amines) is 1. The summed E-state index contributed by atoms with van der Waals surface area (Å²) in [5.74, 6) is -0.499. The van der Waals surface area contributed by atoms with Crippen LogP contribution in [0.4, 0.5) is 5.69 Å². The first-order valence-corrected chi connectivity index (χ1v) is 6.72. The molecule has 108 valence electrons. The van der Waals surface area contributed by atoms with E-state index < -0.39 is 0 Å². The van der Waals surface area contributed by atoms with E-state index in [1.54, 1.807) is 0 Å². The van der Waals surface area contributed by atoms with Crippen molar-refractivity contribution in [2.75, 3.05) is 18.4 Å². The Morgan fingerprint density at radius 2 is 2.00 bits per heavy atom. The number of hydrogen-bond acceptors (Lipinski definition) is 4. The first kappa shape index (κ1) is 14.5. The van der Waals surface area contributed by atoms with E-state index in [2.05, 4.69) is 5.32 Å². The van der Waals surface area contributed by atoms with Crippen molar-refractivity contribution in [3.05, 3.63) is 29.8 Å². The van der Waals surface area contributed by atoms with E-state index in [0.29, 0.717) is 6.54 Å². The zero-order chi connectivity index (χ0) is 14.5. The number of amides is 2. The van der Waals surface area contributed by atoms with Crippen molar-refractivity contribution in [1.82, 2.24) is 4.90 Å². The molecule has 0 saturated carbocycles. The van der Waals surface area contributed by atoms with Crippen molar-refractivity contribution in [3.63, 3.8) is 0 Å². The van der Waals surface area contributed by atoms with Gasteiger partial charge in [-0.2, -0.15) is 0 Å². The molecule has 6 nitrogen and oxygen atoms in total. The number of rotatable bonds is 5. The third kappa shape index (κ3) is 3.55. The molecule has 1 aliphatic rings. The summed E-state index contributed by atoms with van der Waals surface area (Å²) in [6.07, 6.45) is 1.62. The first-order chi connectivity index (χ1) is 9.60. The van der Waals surface area contributed by atoms with Gasteiger partial charge in [-0.1, -0.05) is 12.1 Å². The van der Waals surface area contributed by atoms with E-state index in [1.165, 1.54) is 0 Å². The fourth-order valence-corrected chi connectivity index (χ4v) is 2.45. The van der Waals surface area contributed by atoms with E-state index in [9.17, 15) is 9.59 Å². The van der Waals surface area contributed by atoms with Crippen molar-refractivity contribution in [3.8, 4) is 0 Å². The van der Waals surface area contributed by atoms with Crippen molar-refractivity contribution in [1.29, 1.82) is 0 Å². The number of nitrogens with zero attached hydrogens (tertiary/aromatic N) is 1. The topological polar surface area (TPSA) is 101 Å². The quantitative estimate of drug-likeness (QED) is 0.706. The molecular formula is C14H20N4O2. The fraction of sp³-hybridized carbons (Fsp3) is 0.429. The van der Waals surface area contributed by atoms with Gasteiger partial charge < -0.3 is 16.8 Å². The molecule has 0 aromatic heterocycles. The molecule has 0 bridgehead atoms. The molecule has 0 spiro atoms. The highest BCUT2D eigenvalue weighted by molar-refractivity contribution is 5.92. The summed E-state index contributed by atoms with van der Waals surface area (Å²) in [5, 5.41) is 2.81. The lowest BCUT2D eigenvalue weighted by Gasteiger charge is -2.21. The van der Waals surface area contributed by atoms with Gasteiger partial charge in [-0.15, -0.1) is 0 Å². The van der Waals surface area contributed by atoms with Gasteiger partial charge in [-0.05, 0) is 37.1 Å². The molecule has 20 heavy (non-hydrogen) atoms. The van der Waals surface area contributed by atoms with Crippen LogP contribution in [0, 0.1) is 0 Å². The van der Waals surface area contributed by atoms with Crippen molar-refractivity contribution >= 4 is 17.5 Å². The molecule has 1 saturated heterocycles. The number of benzene rings is 1. The summed E-state index contributed by atoms with van der Waals surface area (Å²) in [6, 6.07) is 7.06. The summed E-state index contributed by atoms with van der Waals surface area (Å²) in [4.78, 5) is 25.0. The number of nitrogens with two attached hydrogens (primary N) is 2. The molecule has 0 aliphatic carbocycles. The van der Waals surface area contributed by atoms with Gasteiger partial charge in [0.15, 0.2) is 0 Å². The van der Waals surface area contributed by atoms with Crippen LogP contribution >= 0.6 is 0 Å². The zero-order valence-corrected chi connectivity index (χ0v) is 11.3. The van der Waals surface area contributed by atoms with Crippen molar-refractivity contribution in [2.45, 2.75) is 25.4 Å². The maximum absolute atomic E-state index is 12.0. The van der Waals surface area contributed by atoms with Crippen LogP contribution in [0.3, 0.4) is 0 Å². The molecule has 1 aromatic rings. The highest BCUT2D eigenvalue weighted by Crippen LogP contribution is 2.16. The second-order valence-corrected chi connectivity index (χ2v) is 4.98. The summed E-state index contributed by atoms with van der Waals surface area (Å²) >= 11 is 0. The Morgan fingerprint density at radius 1 is 1.30 bits per heavy atom. The molecule has 1 fully saturated rings. The Hall–Kier alpha value is -1.92. The molecule has 0 radical (unpaired) electrons. The lowest BCUT2D eigenvalue weighted by atomic mass is 10.2. The average molecular weight is 276 g/mol. The van der Waals surface area contributed by atoms with E-state index >= 15 is 0 Å². The van der Waals surface area contributed by atoms with Crippen LogP contribution < -0.4 is 16.8 Å². The third-order valence-corrected chi connectivity index (χ3v) is 3.51. The van der Waals surface area contributed by atoms with Crippen LogP contribution in [-0.2, 0) is 16.1 Å². The maximum atomic E-state index is 12.0. The highest BCUT2D eigenvalue weighted by atomic mass is 16.2. The molecule has 2 rings (SSSR count). The molecule has 5 N–H and O–H groups in total. The van der Waals surface area contributed by atoms with E-state index in [-0.39, 0.29) is 24.4 Å². The molecule has 1 aromatic carbocycles. The standard InChI is InChI=1S/C14H20N4O2/c15-8-10-3-5-11(6-4-10)17-13(19)9-18-7-1-2-12(18)14(16)20/h3-6,12H,1-2,7-9,15H2,(H2,16,20)(H,17,19). The van der Waals surface area contributed by atoms with Crippen LogP contribution in [0.1, 0.15) is 18.4 Å². The number of anilines is 1. The lowest BCUT2D eigenvalue weighted by Crippen LogP contribution is -2.43. The Morgan fingerprint density at radius 3 is 2.60 bits per heavy atom. The van der Waals surface area contributed by atoms with Gasteiger partial charge in [0.05, 0.1) is 12.6 Å². The fourth-order valence-electron chi connectivity index (χ4n) is 2.45. The number of nitrogens with one attached hydrogen (secondary N) is 1. The second kappa shape index (κ2) is 6.49. The molecule has 1 unspecified atom stereocenters. The van der Waals surface area contributed by atoms with E-state index in [1.807, 2.05) is 29.2 Å². The molecule has 1 atom stereocenters. The Bertz CT molecular complexity index is 486. The lowest BCUT2D eigenvalue weighted by molar-refractivity contribution is -0.123. The summed E-state index contributed by atoms with van der Waals surface area (Å²) in [5.41, 5.74) is 12.6. The smallest absolute Gasteiger partial charge is 0.238 e. The van der Waals surface area contributed by atoms with Crippen LogP contribution in [-0.4, -0.2) is 35.8 Å². The summed E-state index contributed by atoms with van der Waals surface area (Å²) in [7, 11) is 0. The third-order valence-electron chi connectivity index (χ3n) is 3.51. The average Bonchev–Trinajstić information content (AvgIpc) is 2.87. The SMILES string of the molecule is NCc1ccc(NC(=O)CN2CCCC2C(N)=O)cc1. The van der Waals surface area contributed by atoms with Gasteiger partial charge in [-0.25, -0.2) is 0 Å². The normalized spacial score (nSPS) is 18.9. The number of primary amides is 1. The molecule has 1 aliphatic heterocycles. The van der Waals surface area contributed by atoms with Crippen LogP contribution in [0.2, 0.25) is 0 Å². The van der Waals surface area contributed by atoms with Gasteiger partial charge in [-0.3, -0.25) is 14.5 Å². The number of carbonyl (C=O) groups excluding carboxylic acids is 2. The molecule has 2 amide bonds. The minimum absolute atomic E-state index is 0.140. The van der Waals surface area contributed by atoms with Gasteiger partial charge in [0.25, 0.3) is 0 Å². The summed E-state index contributed by atoms with van der Waals surface area (Å²) in [6.45, 7) is 1.39. The zero-order valence-electron chi connectivity index (χ0n) is 11.3. The van der Waals surface area contributed by atoms with E-state index in [0.717, 1.165) is 30.6 Å². The highest BCUT2D eigenvalue weighted by Gasteiger charge is 2.30. The van der Waals surface area contributed by atoms with Crippen LogP contribution in [0.15, 0.2) is 24.3 Å². The maximum Gasteiger partial charge on any atom is 0.238 e. The van der Waals surface area contributed by atoms with Gasteiger partial charge >= 0.3 is 0 Å². The van der Waals surface area contributed by atoms with Crippen LogP contribution in [0.25, 0.3) is 0 Å².